The minimum absolute atomic E-state index is 0.0890. The van der Waals surface area contributed by atoms with Gasteiger partial charge in [-0.25, -0.2) is 9.18 Å². The van der Waals surface area contributed by atoms with Crippen molar-refractivity contribution in [3.8, 4) is 0 Å². The normalized spacial score (nSPS) is 12.3. The predicted molar refractivity (Wildman–Crippen MR) is 108 cm³/mol. The first-order valence-electron chi connectivity index (χ1n) is 9.37. The van der Waals surface area contributed by atoms with E-state index in [1.54, 1.807) is 12.1 Å². The van der Waals surface area contributed by atoms with Crippen molar-refractivity contribution in [2.24, 2.45) is 0 Å². The number of urea groups is 1. The van der Waals surface area contributed by atoms with Gasteiger partial charge in [-0.1, -0.05) is 43.3 Å². The summed E-state index contributed by atoms with van der Waals surface area (Å²) in [6, 6.07) is 13.3. The van der Waals surface area contributed by atoms with Crippen LogP contribution >= 0.6 is 0 Å². The van der Waals surface area contributed by atoms with Crippen LogP contribution in [0.25, 0.3) is 0 Å². The van der Waals surface area contributed by atoms with Crippen LogP contribution in [0, 0.1) is 5.82 Å². The lowest BCUT2D eigenvalue weighted by molar-refractivity contribution is -0.119. The molecule has 0 aliphatic carbocycles. The minimum Gasteiger partial charge on any atom is -0.333 e. The Bertz CT molecular complexity index is 813. The van der Waals surface area contributed by atoms with Crippen LogP contribution in [-0.2, 0) is 11.2 Å². The van der Waals surface area contributed by atoms with Gasteiger partial charge in [0.25, 0.3) is 0 Å². The van der Waals surface area contributed by atoms with Gasteiger partial charge in [0.05, 0.1) is 12.6 Å². The van der Waals surface area contributed by atoms with Crippen LogP contribution in [0.5, 0.6) is 0 Å². The largest absolute Gasteiger partial charge is 0.333 e. The maximum Gasteiger partial charge on any atom is 0.321 e. The molecule has 0 aromatic heterocycles. The molecule has 150 valence electrons. The molecule has 1 atom stereocenters. The third kappa shape index (κ3) is 6.78. The Morgan fingerprint density at radius 2 is 1.71 bits per heavy atom. The number of benzene rings is 2. The molecule has 3 amide bonds. The lowest BCUT2D eigenvalue weighted by Crippen LogP contribution is -2.50. The first kappa shape index (κ1) is 21.6. The van der Waals surface area contributed by atoms with Gasteiger partial charge in [-0.15, -0.1) is 0 Å². The summed E-state index contributed by atoms with van der Waals surface area (Å²) in [6.07, 6.45) is 0.920. The molecule has 0 fully saturated rings. The van der Waals surface area contributed by atoms with Gasteiger partial charge in [0, 0.05) is 5.54 Å². The van der Waals surface area contributed by atoms with Gasteiger partial charge in [-0.2, -0.15) is 0 Å². The Labute approximate surface area is 165 Å². The van der Waals surface area contributed by atoms with Crippen molar-refractivity contribution in [2.75, 3.05) is 6.54 Å². The third-order valence-electron chi connectivity index (χ3n) is 4.11. The number of aryl methyl sites for hydroxylation is 1. The molecule has 0 saturated heterocycles. The van der Waals surface area contributed by atoms with E-state index in [4.69, 9.17) is 0 Å². The number of nitrogens with one attached hydrogen (secondary N) is 3. The SMILES string of the molecule is CCc1ccc([C@H](NCC(=O)NC(=O)NC(C)(C)C)c2cccc(F)c2)cc1. The zero-order chi connectivity index (χ0) is 20.7. The Morgan fingerprint density at radius 1 is 1.04 bits per heavy atom. The molecule has 0 spiro atoms. The summed E-state index contributed by atoms with van der Waals surface area (Å²) in [4.78, 5) is 24.0. The molecule has 28 heavy (non-hydrogen) atoms. The summed E-state index contributed by atoms with van der Waals surface area (Å²) in [7, 11) is 0. The lowest BCUT2D eigenvalue weighted by Gasteiger charge is -2.22. The van der Waals surface area contributed by atoms with Crippen LogP contribution in [0.3, 0.4) is 0 Å². The number of hydrogen-bond acceptors (Lipinski definition) is 3. The molecular formula is C22H28FN3O2. The molecule has 0 saturated carbocycles. The topological polar surface area (TPSA) is 70.2 Å². The molecule has 2 rings (SSSR count). The summed E-state index contributed by atoms with van der Waals surface area (Å²) in [5.74, 6) is -0.809. The van der Waals surface area contributed by atoms with E-state index in [0.29, 0.717) is 5.56 Å². The van der Waals surface area contributed by atoms with Crippen LogP contribution in [0.4, 0.5) is 9.18 Å². The molecule has 2 aromatic carbocycles. The summed E-state index contributed by atoms with van der Waals surface area (Å²) in [6.45, 7) is 7.47. The van der Waals surface area contributed by atoms with E-state index in [1.165, 1.54) is 17.7 Å². The van der Waals surface area contributed by atoms with Crippen molar-refractivity contribution >= 4 is 11.9 Å². The molecule has 0 aliphatic heterocycles. The lowest BCUT2D eigenvalue weighted by atomic mass is 9.97. The highest BCUT2D eigenvalue weighted by molar-refractivity contribution is 5.95. The van der Waals surface area contributed by atoms with E-state index in [0.717, 1.165) is 12.0 Å². The fourth-order valence-electron chi connectivity index (χ4n) is 2.80. The average Bonchev–Trinajstić information content (AvgIpc) is 2.61. The Morgan fingerprint density at radius 3 is 2.29 bits per heavy atom. The van der Waals surface area contributed by atoms with Crippen LogP contribution in [0.15, 0.2) is 48.5 Å². The van der Waals surface area contributed by atoms with E-state index in [1.807, 2.05) is 45.0 Å². The maximum atomic E-state index is 13.7. The van der Waals surface area contributed by atoms with E-state index in [9.17, 15) is 14.0 Å². The van der Waals surface area contributed by atoms with Gasteiger partial charge in [-0.3, -0.25) is 15.4 Å². The Hall–Kier alpha value is -2.73. The zero-order valence-electron chi connectivity index (χ0n) is 16.8. The van der Waals surface area contributed by atoms with Gasteiger partial charge in [0.1, 0.15) is 5.82 Å². The van der Waals surface area contributed by atoms with Gasteiger partial charge in [0.15, 0.2) is 0 Å². The number of imide groups is 1. The Balaban J connectivity index is 2.11. The molecule has 0 bridgehead atoms. The molecular weight excluding hydrogens is 357 g/mol. The van der Waals surface area contributed by atoms with E-state index >= 15 is 0 Å². The number of hydrogen-bond donors (Lipinski definition) is 3. The molecule has 0 radical (unpaired) electrons. The van der Waals surface area contributed by atoms with Crippen molar-refractivity contribution < 1.29 is 14.0 Å². The van der Waals surface area contributed by atoms with Gasteiger partial charge in [-0.05, 0) is 56.0 Å². The molecule has 0 heterocycles. The van der Waals surface area contributed by atoms with Crippen molar-refractivity contribution in [1.29, 1.82) is 0 Å². The van der Waals surface area contributed by atoms with Crippen molar-refractivity contribution in [3.05, 3.63) is 71.0 Å². The number of carbonyl (C=O) groups excluding carboxylic acids is 2. The van der Waals surface area contributed by atoms with E-state index < -0.39 is 17.5 Å². The van der Waals surface area contributed by atoms with Gasteiger partial charge < -0.3 is 5.32 Å². The highest BCUT2D eigenvalue weighted by Crippen LogP contribution is 2.23. The molecule has 3 N–H and O–H groups in total. The second-order valence-corrected chi connectivity index (χ2v) is 7.72. The second kappa shape index (κ2) is 9.46. The predicted octanol–water partition coefficient (Wildman–Crippen LogP) is 3.69. The van der Waals surface area contributed by atoms with Crippen LogP contribution in [0.1, 0.15) is 50.4 Å². The highest BCUT2D eigenvalue weighted by atomic mass is 19.1. The van der Waals surface area contributed by atoms with Crippen LogP contribution in [0.2, 0.25) is 0 Å². The van der Waals surface area contributed by atoms with Gasteiger partial charge in [0.2, 0.25) is 5.91 Å². The van der Waals surface area contributed by atoms with Crippen molar-refractivity contribution in [1.82, 2.24) is 16.0 Å². The summed E-state index contributed by atoms with van der Waals surface area (Å²) < 4.78 is 13.7. The average molecular weight is 385 g/mol. The first-order chi connectivity index (χ1) is 13.2. The summed E-state index contributed by atoms with van der Waals surface area (Å²) in [5.41, 5.74) is 2.37. The van der Waals surface area contributed by atoms with Gasteiger partial charge >= 0.3 is 6.03 Å². The Kier molecular flexibility index (Phi) is 7.29. The number of halogens is 1. The highest BCUT2D eigenvalue weighted by Gasteiger charge is 2.18. The monoisotopic (exact) mass is 385 g/mol. The van der Waals surface area contributed by atoms with Crippen molar-refractivity contribution in [2.45, 2.75) is 45.7 Å². The first-order valence-corrected chi connectivity index (χ1v) is 9.37. The molecule has 5 nitrogen and oxygen atoms in total. The minimum atomic E-state index is -0.547. The van der Waals surface area contributed by atoms with E-state index in [-0.39, 0.29) is 18.4 Å². The van der Waals surface area contributed by atoms with Crippen LogP contribution in [-0.4, -0.2) is 24.0 Å². The van der Waals surface area contributed by atoms with Crippen LogP contribution < -0.4 is 16.0 Å². The van der Waals surface area contributed by atoms with Crippen molar-refractivity contribution in [3.63, 3.8) is 0 Å². The summed E-state index contributed by atoms with van der Waals surface area (Å²) >= 11 is 0. The fourth-order valence-corrected chi connectivity index (χ4v) is 2.80. The smallest absolute Gasteiger partial charge is 0.321 e. The quantitative estimate of drug-likeness (QED) is 0.710. The molecule has 2 aromatic rings. The summed E-state index contributed by atoms with van der Waals surface area (Å²) in [5, 5.41) is 8.10. The standard InChI is InChI=1S/C22H28FN3O2/c1-5-15-9-11-16(12-10-15)20(17-7-6-8-18(23)13-17)24-14-19(27)25-21(28)26-22(2,3)4/h6-13,20,24H,5,14H2,1-4H3,(H2,25,26,27,28)/t20-/m0/s1. The number of rotatable bonds is 6. The fraction of sp³-hybridized carbons (Fsp3) is 0.364. The second-order valence-electron chi connectivity index (χ2n) is 7.72. The number of amides is 3. The zero-order valence-corrected chi connectivity index (χ0v) is 16.8. The third-order valence-corrected chi connectivity index (χ3v) is 4.11. The number of carbonyl (C=O) groups is 2. The van der Waals surface area contributed by atoms with E-state index in [2.05, 4.69) is 22.9 Å². The molecule has 0 aliphatic rings. The molecule has 0 unspecified atom stereocenters. The molecule has 6 heteroatoms. The maximum absolute atomic E-state index is 13.7.